The predicted octanol–water partition coefficient (Wildman–Crippen LogP) is 1.58. The van der Waals surface area contributed by atoms with Crippen LogP contribution in [0.25, 0.3) is 0 Å². The van der Waals surface area contributed by atoms with E-state index in [-0.39, 0.29) is 5.91 Å². The zero-order valence-electron chi connectivity index (χ0n) is 8.38. The van der Waals surface area contributed by atoms with Crippen molar-refractivity contribution in [3.8, 4) is 0 Å². The lowest BCUT2D eigenvalue weighted by atomic mass is 10.2. The normalized spacial score (nSPS) is 17.3. The van der Waals surface area contributed by atoms with Gasteiger partial charge in [0.25, 0.3) is 0 Å². The Hall–Kier alpha value is -0.940. The fourth-order valence-electron chi connectivity index (χ4n) is 1.27. The van der Waals surface area contributed by atoms with Gasteiger partial charge in [0, 0.05) is 10.7 Å². The number of nitrogens with one attached hydrogen (secondary N) is 1. The summed E-state index contributed by atoms with van der Waals surface area (Å²) in [6.45, 7) is 1.89. The highest BCUT2D eigenvalue weighted by Crippen LogP contribution is 2.33. The first kappa shape index (κ1) is 10.6. The largest absolute Gasteiger partial charge is 0.317 e. The topological polar surface area (TPSA) is 68.0 Å². The third kappa shape index (κ3) is 2.18. The van der Waals surface area contributed by atoms with Gasteiger partial charge < -0.3 is 11.1 Å². The molecule has 1 aliphatic carbocycles. The second-order valence-corrected chi connectivity index (χ2v) is 4.84. The minimum absolute atomic E-state index is 0.138. The molecule has 1 saturated carbocycles. The average Bonchev–Trinajstić information content (AvgIpc) is 2.90. The summed E-state index contributed by atoms with van der Waals surface area (Å²) in [7, 11) is 0. The molecule has 0 spiro atoms. The summed E-state index contributed by atoms with van der Waals surface area (Å²) in [5.74, 6) is 0.445. The zero-order chi connectivity index (χ0) is 11.1. The van der Waals surface area contributed by atoms with Crippen LogP contribution in [-0.4, -0.2) is 16.4 Å². The van der Waals surface area contributed by atoms with Crippen LogP contribution in [0.15, 0.2) is 16.7 Å². The van der Waals surface area contributed by atoms with Crippen LogP contribution >= 0.6 is 15.9 Å². The molecule has 1 amide bonds. The van der Waals surface area contributed by atoms with Gasteiger partial charge in [-0.3, -0.25) is 4.79 Å². The van der Waals surface area contributed by atoms with Gasteiger partial charge in [0.2, 0.25) is 5.91 Å². The molecule has 2 rings (SSSR count). The first-order chi connectivity index (χ1) is 7.01. The molecular weight excluding hydrogens is 258 g/mol. The highest BCUT2D eigenvalue weighted by atomic mass is 79.9. The molecular formula is C10H12BrN3O. The molecule has 5 heteroatoms. The van der Waals surface area contributed by atoms with E-state index < -0.39 is 5.54 Å². The van der Waals surface area contributed by atoms with Gasteiger partial charge in [-0.1, -0.05) is 0 Å². The second-order valence-electron chi connectivity index (χ2n) is 3.93. The highest BCUT2D eigenvalue weighted by molar-refractivity contribution is 9.10. The van der Waals surface area contributed by atoms with Crippen molar-refractivity contribution >= 4 is 27.7 Å². The van der Waals surface area contributed by atoms with Crippen LogP contribution < -0.4 is 11.1 Å². The van der Waals surface area contributed by atoms with E-state index in [0.29, 0.717) is 5.82 Å². The third-order valence-electron chi connectivity index (χ3n) is 2.52. The van der Waals surface area contributed by atoms with Crippen LogP contribution in [0.3, 0.4) is 0 Å². The lowest BCUT2D eigenvalue weighted by Gasteiger charge is -2.11. The molecule has 3 N–H and O–H groups in total. The molecule has 15 heavy (non-hydrogen) atoms. The molecule has 0 saturated heterocycles. The van der Waals surface area contributed by atoms with Crippen LogP contribution in [0.4, 0.5) is 5.82 Å². The number of carbonyl (C=O) groups is 1. The van der Waals surface area contributed by atoms with Gasteiger partial charge in [-0.25, -0.2) is 4.98 Å². The summed E-state index contributed by atoms with van der Waals surface area (Å²) >= 11 is 3.31. The molecule has 1 fully saturated rings. The standard InChI is InChI=1S/C10H12BrN3O/c1-6-4-7(11)5-13-8(6)14-9(15)10(12)2-3-10/h4-5H,2-3,12H2,1H3,(H,13,14,15). The zero-order valence-corrected chi connectivity index (χ0v) is 9.97. The van der Waals surface area contributed by atoms with Crippen LogP contribution in [0.1, 0.15) is 18.4 Å². The number of nitrogens with zero attached hydrogens (tertiary/aromatic N) is 1. The van der Waals surface area contributed by atoms with Gasteiger partial charge in [-0.05, 0) is 47.3 Å². The minimum atomic E-state index is -0.652. The van der Waals surface area contributed by atoms with E-state index in [1.54, 1.807) is 6.20 Å². The van der Waals surface area contributed by atoms with Crippen LogP contribution in [0, 0.1) is 6.92 Å². The molecule has 1 aliphatic rings. The smallest absolute Gasteiger partial charge is 0.245 e. The van der Waals surface area contributed by atoms with Crippen LogP contribution in [0.5, 0.6) is 0 Å². The van der Waals surface area contributed by atoms with Crippen molar-refractivity contribution in [2.24, 2.45) is 5.73 Å². The maximum Gasteiger partial charge on any atom is 0.245 e. The molecule has 0 bridgehead atoms. The van der Waals surface area contributed by atoms with E-state index >= 15 is 0 Å². The number of pyridine rings is 1. The monoisotopic (exact) mass is 269 g/mol. The van der Waals surface area contributed by atoms with Gasteiger partial charge >= 0.3 is 0 Å². The molecule has 0 aliphatic heterocycles. The van der Waals surface area contributed by atoms with Crippen molar-refractivity contribution in [1.82, 2.24) is 4.98 Å². The predicted molar refractivity (Wildman–Crippen MR) is 61.5 cm³/mol. The molecule has 1 heterocycles. The Bertz CT molecular complexity index is 415. The van der Waals surface area contributed by atoms with E-state index in [4.69, 9.17) is 5.73 Å². The lowest BCUT2D eigenvalue weighted by Crippen LogP contribution is -2.38. The number of amides is 1. The van der Waals surface area contributed by atoms with Crippen molar-refractivity contribution in [2.45, 2.75) is 25.3 Å². The lowest BCUT2D eigenvalue weighted by molar-refractivity contribution is -0.118. The van der Waals surface area contributed by atoms with Crippen molar-refractivity contribution < 1.29 is 4.79 Å². The summed E-state index contributed by atoms with van der Waals surface area (Å²) < 4.78 is 0.895. The Labute approximate surface area is 96.4 Å². The molecule has 0 aromatic carbocycles. The molecule has 1 aromatic heterocycles. The Morgan fingerprint density at radius 1 is 1.67 bits per heavy atom. The fraction of sp³-hybridized carbons (Fsp3) is 0.400. The number of anilines is 1. The minimum Gasteiger partial charge on any atom is -0.317 e. The Morgan fingerprint density at radius 3 is 2.87 bits per heavy atom. The molecule has 80 valence electrons. The van der Waals surface area contributed by atoms with Gasteiger partial charge in [0.15, 0.2) is 0 Å². The molecule has 0 radical (unpaired) electrons. The van der Waals surface area contributed by atoms with E-state index in [2.05, 4.69) is 26.2 Å². The van der Waals surface area contributed by atoms with Gasteiger partial charge in [0.05, 0.1) is 5.54 Å². The van der Waals surface area contributed by atoms with E-state index in [1.807, 2.05) is 13.0 Å². The molecule has 0 atom stereocenters. The van der Waals surface area contributed by atoms with Crippen molar-refractivity contribution in [3.63, 3.8) is 0 Å². The number of aromatic nitrogens is 1. The highest BCUT2D eigenvalue weighted by Gasteiger charge is 2.46. The summed E-state index contributed by atoms with van der Waals surface area (Å²) in [6.07, 6.45) is 3.17. The maximum absolute atomic E-state index is 11.6. The van der Waals surface area contributed by atoms with Gasteiger partial charge in [0.1, 0.15) is 5.82 Å². The van der Waals surface area contributed by atoms with E-state index in [1.165, 1.54) is 0 Å². The Balaban J connectivity index is 2.14. The van der Waals surface area contributed by atoms with Crippen LogP contribution in [0.2, 0.25) is 0 Å². The van der Waals surface area contributed by atoms with Gasteiger partial charge in [-0.15, -0.1) is 0 Å². The quantitative estimate of drug-likeness (QED) is 0.857. The maximum atomic E-state index is 11.6. The van der Waals surface area contributed by atoms with E-state index in [9.17, 15) is 4.79 Å². The molecule has 4 nitrogen and oxygen atoms in total. The van der Waals surface area contributed by atoms with Crippen molar-refractivity contribution in [3.05, 3.63) is 22.3 Å². The summed E-state index contributed by atoms with van der Waals surface area (Å²) in [5, 5.41) is 2.74. The van der Waals surface area contributed by atoms with Gasteiger partial charge in [-0.2, -0.15) is 0 Å². The van der Waals surface area contributed by atoms with Crippen molar-refractivity contribution in [1.29, 1.82) is 0 Å². The summed E-state index contributed by atoms with van der Waals surface area (Å²) in [4.78, 5) is 15.8. The van der Waals surface area contributed by atoms with Crippen molar-refractivity contribution in [2.75, 3.05) is 5.32 Å². The van der Waals surface area contributed by atoms with E-state index in [0.717, 1.165) is 22.9 Å². The fourth-order valence-corrected chi connectivity index (χ4v) is 1.71. The average molecular weight is 270 g/mol. The third-order valence-corrected chi connectivity index (χ3v) is 2.95. The Morgan fingerprint density at radius 2 is 2.33 bits per heavy atom. The molecule has 1 aromatic rings. The first-order valence-corrected chi connectivity index (χ1v) is 5.53. The number of aryl methyl sites for hydroxylation is 1. The number of hydrogen-bond acceptors (Lipinski definition) is 3. The summed E-state index contributed by atoms with van der Waals surface area (Å²) in [5.41, 5.74) is 6.04. The van der Waals surface area contributed by atoms with Crippen LogP contribution in [-0.2, 0) is 4.79 Å². The number of hydrogen-bond donors (Lipinski definition) is 2. The second kappa shape index (κ2) is 3.57. The first-order valence-electron chi connectivity index (χ1n) is 4.74. The summed E-state index contributed by atoms with van der Waals surface area (Å²) in [6, 6.07) is 1.90. The number of carbonyl (C=O) groups excluding carboxylic acids is 1. The number of rotatable bonds is 2. The number of nitrogens with two attached hydrogens (primary N) is 1. The number of halogens is 1. The molecule has 0 unspecified atom stereocenters. The SMILES string of the molecule is Cc1cc(Br)cnc1NC(=O)C1(N)CC1. The Kier molecular flexibility index (Phi) is 2.52.